The molecule has 0 aliphatic carbocycles. The van der Waals surface area contributed by atoms with Crippen LogP contribution in [0.25, 0.3) is 5.70 Å². The Labute approximate surface area is 98.5 Å². The van der Waals surface area contributed by atoms with Gasteiger partial charge in [-0.1, -0.05) is 27.4 Å². The summed E-state index contributed by atoms with van der Waals surface area (Å²) >= 11 is 0. The molecule has 0 saturated heterocycles. The highest BCUT2D eigenvalue weighted by atomic mass is 15.3. The Bertz CT molecular complexity index is 380. The van der Waals surface area contributed by atoms with Crippen molar-refractivity contribution in [2.75, 3.05) is 5.32 Å². The zero-order chi connectivity index (χ0) is 12.5. The maximum Gasteiger partial charge on any atom is 0.129 e. The predicted octanol–water partition coefficient (Wildman–Crippen LogP) is 3.49. The van der Waals surface area contributed by atoms with E-state index >= 15 is 0 Å². The minimum Gasteiger partial charge on any atom is -0.368 e. The Balaban J connectivity index is 3.15. The van der Waals surface area contributed by atoms with Crippen LogP contribution in [0.2, 0.25) is 0 Å². The molecule has 0 atom stereocenters. The van der Waals surface area contributed by atoms with Crippen molar-refractivity contribution in [2.45, 2.75) is 53.0 Å². The number of rotatable bonds is 3. The molecule has 0 aromatic carbocycles. The second kappa shape index (κ2) is 4.32. The van der Waals surface area contributed by atoms with E-state index in [1.165, 1.54) is 0 Å². The van der Waals surface area contributed by atoms with Gasteiger partial charge in [0.1, 0.15) is 5.82 Å². The Morgan fingerprint density at radius 3 is 2.38 bits per heavy atom. The molecule has 0 unspecified atom stereocenters. The first-order valence-electron chi connectivity index (χ1n) is 5.75. The van der Waals surface area contributed by atoms with Crippen LogP contribution in [0.5, 0.6) is 0 Å². The largest absolute Gasteiger partial charge is 0.368 e. The van der Waals surface area contributed by atoms with Gasteiger partial charge in [0.05, 0.1) is 5.69 Å². The molecule has 0 radical (unpaired) electrons. The van der Waals surface area contributed by atoms with Crippen molar-refractivity contribution in [3.8, 4) is 0 Å². The molecule has 0 spiro atoms. The molecule has 1 rings (SSSR count). The van der Waals surface area contributed by atoms with Crippen LogP contribution in [-0.2, 0) is 5.41 Å². The van der Waals surface area contributed by atoms with Gasteiger partial charge in [0, 0.05) is 23.2 Å². The molecule has 0 saturated carbocycles. The van der Waals surface area contributed by atoms with Crippen molar-refractivity contribution in [3.63, 3.8) is 0 Å². The lowest BCUT2D eigenvalue weighted by molar-refractivity contribution is 0.561. The Morgan fingerprint density at radius 2 is 2.00 bits per heavy atom. The van der Waals surface area contributed by atoms with E-state index in [9.17, 15) is 0 Å². The maximum atomic E-state index is 4.59. The highest BCUT2D eigenvalue weighted by molar-refractivity contribution is 5.51. The van der Waals surface area contributed by atoms with Crippen molar-refractivity contribution in [2.24, 2.45) is 0 Å². The summed E-state index contributed by atoms with van der Waals surface area (Å²) in [7, 11) is 0. The number of hydrogen-bond acceptors (Lipinski definition) is 2. The number of hydrogen-bond donors (Lipinski definition) is 1. The van der Waals surface area contributed by atoms with Crippen LogP contribution in [0, 0.1) is 0 Å². The van der Waals surface area contributed by atoms with E-state index in [-0.39, 0.29) is 5.41 Å². The van der Waals surface area contributed by atoms with E-state index in [0.29, 0.717) is 6.04 Å². The minimum absolute atomic E-state index is 0.0636. The average molecular weight is 221 g/mol. The van der Waals surface area contributed by atoms with Crippen LogP contribution in [0.1, 0.15) is 47.2 Å². The van der Waals surface area contributed by atoms with Crippen molar-refractivity contribution < 1.29 is 0 Å². The van der Waals surface area contributed by atoms with Crippen LogP contribution in [-0.4, -0.2) is 15.8 Å². The summed E-state index contributed by atoms with van der Waals surface area (Å²) in [6.45, 7) is 16.6. The molecule has 0 amide bonds. The monoisotopic (exact) mass is 221 g/mol. The first-order chi connectivity index (χ1) is 7.21. The highest BCUT2D eigenvalue weighted by Gasteiger charge is 2.20. The summed E-state index contributed by atoms with van der Waals surface area (Å²) in [5.74, 6) is 1.02. The second-order valence-electron chi connectivity index (χ2n) is 5.61. The topological polar surface area (TPSA) is 29.9 Å². The van der Waals surface area contributed by atoms with Gasteiger partial charge >= 0.3 is 0 Å². The van der Waals surface area contributed by atoms with Gasteiger partial charge in [-0.3, -0.25) is 0 Å². The third-order valence-electron chi connectivity index (χ3n) is 2.28. The van der Waals surface area contributed by atoms with Gasteiger partial charge in [0.25, 0.3) is 0 Å². The smallest absolute Gasteiger partial charge is 0.129 e. The molecule has 0 bridgehead atoms. The minimum atomic E-state index is 0.0636. The van der Waals surface area contributed by atoms with Crippen LogP contribution >= 0.6 is 0 Å². The number of allylic oxidation sites excluding steroid dienone is 1. The molecule has 0 aliphatic rings. The fourth-order valence-electron chi connectivity index (χ4n) is 1.44. The Hall–Kier alpha value is -1.25. The van der Waals surface area contributed by atoms with E-state index in [2.05, 4.69) is 57.7 Å². The third-order valence-corrected chi connectivity index (χ3v) is 2.28. The van der Waals surface area contributed by atoms with Gasteiger partial charge in [0.2, 0.25) is 0 Å². The normalized spacial score (nSPS) is 11.9. The van der Waals surface area contributed by atoms with E-state index in [4.69, 9.17) is 0 Å². The average Bonchev–Trinajstić information content (AvgIpc) is 2.45. The van der Waals surface area contributed by atoms with E-state index in [1.807, 2.05) is 11.6 Å². The lowest BCUT2D eigenvalue weighted by atomic mass is 9.92. The lowest BCUT2D eigenvalue weighted by Crippen LogP contribution is -2.13. The van der Waals surface area contributed by atoms with Crippen molar-refractivity contribution in [1.82, 2.24) is 9.78 Å². The van der Waals surface area contributed by atoms with E-state index in [1.54, 1.807) is 0 Å². The summed E-state index contributed by atoms with van der Waals surface area (Å²) in [6, 6.07) is 2.50. The fourth-order valence-corrected chi connectivity index (χ4v) is 1.44. The molecule has 3 heteroatoms. The van der Waals surface area contributed by atoms with Gasteiger partial charge in [-0.25, -0.2) is 4.68 Å². The number of anilines is 1. The number of aromatic nitrogens is 2. The first-order valence-corrected chi connectivity index (χ1v) is 5.75. The molecular formula is C13H23N3. The molecular weight excluding hydrogens is 198 g/mol. The zero-order valence-corrected chi connectivity index (χ0v) is 11.3. The Kier molecular flexibility index (Phi) is 3.46. The summed E-state index contributed by atoms with van der Waals surface area (Å²) in [4.78, 5) is 0. The van der Waals surface area contributed by atoms with E-state index in [0.717, 1.165) is 17.2 Å². The summed E-state index contributed by atoms with van der Waals surface area (Å²) in [5, 5.41) is 7.98. The van der Waals surface area contributed by atoms with Gasteiger partial charge < -0.3 is 5.32 Å². The maximum absolute atomic E-state index is 4.59. The molecule has 3 nitrogen and oxygen atoms in total. The van der Waals surface area contributed by atoms with Gasteiger partial charge in [-0.2, -0.15) is 5.10 Å². The fraction of sp³-hybridized carbons (Fsp3) is 0.615. The lowest BCUT2D eigenvalue weighted by Gasteiger charge is -2.13. The van der Waals surface area contributed by atoms with Crippen molar-refractivity contribution in [3.05, 3.63) is 18.3 Å². The molecule has 0 fully saturated rings. The SMILES string of the molecule is C=C(C)n1nc(C(C)(C)C)cc1NC(C)C. The highest BCUT2D eigenvalue weighted by Crippen LogP contribution is 2.25. The molecule has 1 aromatic rings. The quantitative estimate of drug-likeness (QED) is 0.846. The van der Waals surface area contributed by atoms with Gasteiger partial charge in [0.15, 0.2) is 0 Å². The molecule has 90 valence electrons. The molecule has 1 aromatic heterocycles. The van der Waals surface area contributed by atoms with E-state index < -0.39 is 0 Å². The third kappa shape index (κ3) is 2.87. The predicted molar refractivity (Wildman–Crippen MR) is 70.7 cm³/mol. The van der Waals surface area contributed by atoms with Crippen molar-refractivity contribution >= 4 is 11.5 Å². The number of nitrogens with one attached hydrogen (secondary N) is 1. The van der Waals surface area contributed by atoms with Crippen LogP contribution in [0.4, 0.5) is 5.82 Å². The zero-order valence-electron chi connectivity index (χ0n) is 11.3. The van der Waals surface area contributed by atoms with Gasteiger partial charge in [-0.15, -0.1) is 0 Å². The van der Waals surface area contributed by atoms with Crippen LogP contribution < -0.4 is 5.32 Å². The summed E-state index contributed by atoms with van der Waals surface area (Å²) < 4.78 is 1.88. The first kappa shape index (κ1) is 12.8. The summed E-state index contributed by atoms with van der Waals surface area (Å²) in [6.07, 6.45) is 0. The number of nitrogens with zero attached hydrogens (tertiary/aromatic N) is 2. The molecule has 1 N–H and O–H groups in total. The van der Waals surface area contributed by atoms with Gasteiger partial charge in [-0.05, 0) is 20.8 Å². The molecule has 16 heavy (non-hydrogen) atoms. The van der Waals surface area contributed by atoms with Crippen molar-refractivity contribution in [1.29, 1.82) is 0 Å². The van der Waals surface area contributed by atoms with Crippen LogP contribution in [0.3, 0.4) is 0 Å². The molecule has 1 heterocycles. The Morgan fingerprint density at radius 1 is 1.44 bits per heavy atom. The standard InChI is InChI=1S/C13H23N3/c1-9(2)14-12-8-11(13(5,6)7)15-16(12)10(3)4/h8-9,14H,3H2,1-2,4-7H3. The van der Waals surface area contributed by atoms with Crippen LogP contribution in [0.15, 0.2) is 12.6 Å². The summed E-state index contributed by atoms with van der Waals surface area (Å²) in [5.41, 5.74) is 2.07. The second-order valence-corrected chi connectivity index (χ2v) is 5.61. The molecule has 0 aliphatic heterocycles.